The van der Waals surface area contributed by atoms with Crippen molar-refractivity contribution < 1.29 is 19.6 Å². The Bertz CT molecular complexity index is 1320. The van der Waals surface area contributed by atoms with Gasteiger partial charge >= 0.3 is 12.0 Å². The number of nitrogens with zero attached hydrogens (tertiary/aromatic N) is 4. The second kappa shape index (κ2) is 14.9. The summed E-state index contributed by atoms with van der Waals surface area (Å²) in [7, 11) is 0. The summed E-state index contributed by atoms with van der Waals surface area (Å²) in [5.74, 6) is 0.812. The number of aliphatic carboxylic acids is 1. The Labute approximate surface area is 272 Å². The van der Waals surface area contributed by atoms with Gasteiger partial charge in [-0.2, -0.15) is 0 Å². The Morgan fingerprint density at radius 2 is 1.63 bits per heavy atom. The maximum Gasteiger partial charge on any atom is 0.321 e. The standard InChI is InChI=1S/C36H49N5O5/c42-35(43)34(29-9-5-2-6-10-29)39-24-30(33(25-39)28-7-3-1-4-8-28)23-38-19-17-31(18-20-38)40(22-27-11-12-27)36(44)37-21-26-13-15-32(16-14-26)41(45)46/h1,3-4,7-8,13-16,27,29-31,33-34H,2,5-6,9-12,17-25H2,(H,37,44)(H,42,43)/t30-,33+,34+/m0/s1. The van der Waals surface area contributed by atoms with E-state index in [0.717, 1.165) is 83.4 Å². The zero-order valence-electron chi connectivity index (χ0n) is 26.8. The van der Waals surface area contributed by atoms with Gasteiger partial charge in [-0.3, -0.25) is 19.8 Å². The van der Waals surface area contributed by atoms with Gasteiger partial charge in [-0.15, -0.1) is 0 Å². The first-order chi connectivity index (χ1) is 22.4. The highest BCUT2D eigenvalue weighted by atomic mass is 16.6. The minimum Gasteiger partial charge on any atom is -0.480 e. The van der Waals surface area contributed by atoms with Crippen LogP contribution in [0.4, 0.5) is 10.5 Å². The monoisotopic (exact) mass is 631 g/mol. The summed E-state index contributed by atoms with van der Waals surface area (Å²) in [6.45, 7) is 5.51. The fraction of sp³-hybridized carbons (Fsp3) is 0.611. The zero-order valence-corrected chi connectivity index (χ0v) is 26.8. The lowest BCUT2D eigenvalue weighted by molar-refractivity contribution is -0.384. The fourth-order valence-electron chi connectivity index (χ4n) is 8.24. The number of likely N-dealkylation sites (tertiary alicyclic amines) is 2. The molecule has 2 heterocycles. The van der Waals surface area contributed by atoms with Crippen LogP contribution in [-0.2, 0) is 11.3 Å². The summed E-state index contributed by atoms with van der Waals surface area (Å²) in [6.07, 6.45) is 9.69. The molecule has 0 unspecified atom stereocenters. The van der Waals surface area contributed by atoms with Gasteiger partial charge in [0.05, 0.1) is 4.92 Å². The number of urea groups is 1. The number of carbonyl (C=O) groups is 2. The molecule has 0 radical (unpaired) electrons. The Hall–Kier alpha value is -3.50. The van der Waals surface area contributed by atoms with Gasteiger partial charge in [0.25, 0.3) is 5.69 Å². The van der Waals surface area contributed by atoms with Gasteiger partial charge in [0.1, 0.15) is 6.04 Å². The number of nitrogens with one attached hydrogen (secondary N) is 1. The molecule has 2 saturated carbocycles. The third-order valence-corrected chi connectivity index (χ3v) is 10.9. The van der Waals surface area contributed by atoms with Gasteiger partial charge in [0.2, 0.25) is 0 Å². The van der Waals surface area contributed by atoms with Gasteiger partial charge in [0.15, 0.2) is 0 Å². The average Bonchev–Trinajstić information content (AvgIpc) is 3.82. The number of rotatable bonds is 12. The third-order valence-electron chi connectivity index (χ3n) is 10.9. The minimum atomic E-state index is -0.664. The van der Waals surface area contributed by atoms with E-state index >= 15 is 0 Å². The van der Waals surface area contributed by atoms with Crippen LogP contribution in [0.25, 0.3) is 0 Å². The average molecular weight is 632 g/mol. The van der Waals surface area contributed by atoms with E-state index in [1.165, 1.54) is 37.0 Å². The Morgan fingerprint density at radius 1 is 0.935 bits per heavy atom. The lowest BCUT2D eigenvalue weighted by atomic mass is 9.83. The number of carbonyl (C=O) groups excluding carboxylic acids is 1. The van der Waals surface area contributed by atoms with E-state index in [0.29, 0.717) is 24.3 Å². The first-order valence-electron chi connectivity index (χ1n) is 17.4. The number of piperidine rings is 1. The number of nitro benzene ring substituents is 1. The molecule has 2 aliphatic carbocycles. The lowest BCUT2D eigenvalue weighted by Crippen LogP contribution is -2.52. The minimum absolute atomic E-state index is 0.0449. The van der Waals surface area contributed by atoms with Crippen molar-refractivity contribution in [3.05, 3.63) is 75.8 Å². The fourth-order valence-corrected chi connectivity index (χ4v) is 8.24. The SMILES string of the molecule is O=C(O)[C@@H](C1CCCCC1)N1C[C@H](CN2CCC(N(CC3CC3)C(=O)NCc3ccc([N+](=O)[O-])cc3)CC2)[C@@H](c2ccccc2)C1. The topological polar surface area (TPSA) is 119 Å². The molecule has 3 atom stereocenters. The van der Waals surface area contributed by atoms with E-state index in [1.807, 2.05) is 11.0 Å². The summed E-state index contributed by atoms with van der Waals surface area (Å²) in [6, 6.07) is 16.7. The lowest BCUT2D eigenvalue weighted by Gasteiger charge is -2.40. The second-order valence-electron chi connectivity index (χ2n) is 14.1. The van der Waals surface area contributed by atoms with E-state index in [1.54, 1.807) is 12.1 Å². The van der Waals surface area contributed by atoms with Crippen LogP contribution in [0.1, 0.15) is 74.8 Å². The summed E-state index contributed by atoms with van der Waals surface area (Å²) in [5.41, 5.74) is 2.19. The highest BCUT2D eigenvalue weighted by Gasteiger charge is 2.43. The van der Waals surface area contributed by atoms with Crippen LogP contribution in [0, 0.1) is 27.9 Å². The van der Waals surface area contributed by atoms with Crippen molar-refractivity contribution in [2.75, 3.05) is 39.3 Å². The molecule has 6 rings (SSSR count). The van der Waals surface area contributed by atoms with Gasteiger partial charge in [-0.1, -0.05) is 61.7 Å². The van der Waals surface area contributed by atoms with Crippen LogP contribution >= 0.6 is 0 Å². The van der Waals surface area contributed by atoms with E-state index in [-0.39, 0.29) is 23.7 Å². The highest BCUT2D eigenvalue weighted by molar-refractivity contribution is 5.75. The van der Waals surface area contributed by atoms with Crippen molar-refractivity contribution in [3.63, 3.8) is 0 Å². The highest BCUT2D eigenvalue weighted by Crippen LogP contribution is 2.39. The Kier molecular flexibility index (Phi) is 10.5. The smallest absolute Gasteiger partial charge is 0.321 e. The van der Waals surface area contributed by atoms with Crippen molar-refractivity contribution >= 4 is 17.7 Å². The molecule has 0 aromatic heterocycles. The zero-order chi connectivity index (χ0) is 32.0. The van der Waals surface area contributed by atoms with Crippen molar-refractivity contribution in [1.29, 1.82) is 0 Å². The quantitative estimate of drug-likeness (QED) is 0.227. The molecule has 2 aromatic rings. The maximum absolute atomic E-state index is 13.4. The molecule has 0 spiro atoms. The molecule has 10 nitrogen and oxygen atoms in total. The predicted molar refractivity (Wildman–Crippen MR) is 176 cm³/mol. The summed E-state index contributed by atoms with van der Waals surface area (Å²) < 4.78 is 0. The van der Waals surface area contributed by atoms with Crippen LogP contribution in [-0.4, -0.2) is 88.1 Å². The first kappa shape index (κ1) is 32.4. The predicted octanol–water partition coefficient (Wildman–Crippen LogP) is 5.73. The van der Waals surface area contributed by atoms with Crippen molar-refractivity contribution in [3.8, 4) is 0 Å². The number of benzene rings is 2. The van der Waals surface area contributed by atoms with E-state index in [4.69, 9.17) is 0 Å². The number of hydrogen-bond acceptors (Lipinski definition) is 6. The number of carboxylic acids is 1. The third kappa shape index (κ3) is 8.07. The van der Waals surface area contributed by atoms with Crippen LogP contribution in [0.5, 0.6) is 0 Å². The van der Waals surface area contributed by atoms with Crippen LogP contribution in [0.15, 0.2) is 54.6 Å². The normalized spacial score (nSPS) is 24.0. The summed E-state index contributed by atoms with van der Waals surface area (Å²) >= 11 is 0. The number of carboxylic acid groups (broad SMARTS) is 1. The molecule has 4 aliphatic rings. The molecular formula is C36H49N5O5. The molecule has 46 heavy (non-hydrogen) atoms. The number of amides is 2. The molecule has 2 aromatic carbocycles. The molecule has 248 valence electrons. The van der Waals surface area contributed by atoms with Crippen LogP contribution in [0.2, 0.25) is 0 Å². The van der Waals surface area contributed by atoms with Crippen LogP contribution in [0.3, 0.4) is 0 Å². The van der Waals surface area contributed by atoms with E-state index < -0.39 is 16.9 Å². The molecule has 10 heteroatoms. The van der Waals surface area contributed by atoms with Gasteiger partial charge in [-0.05, 0) is 67.4 Å². The number of nitro groups is 1. The molecule has 4 fully saturated rings. The van der Waals surface area contributed by atoms with Crippen molar-refractivity contribution in [1.82, 2.24) is 20.0 Å². The molecule has 2 aliphatic heterocycles. The van der Waals surface area contributed by atoms with Crippen LogP contribution < -0.4 is 5.32 Å². The molecule has 2 saturated heterocycles. The van der Waals surface area contributed by atoms with Gasteiger partial charge in [-0.25, -0.2) is 4.79 Å². The molecule has 2 amide bonds. The second-order valence-corrected chi connectivity index (χ2v) is 14.1. The Morgan fingerprint density at radius 3 is 2.26 bits per heavy atom. The van der Waals surface area contributed by atoms with Gasteiger partial charge in [0, 0.05) is 69.9 Å². The molecule has 0 bridgehead atoms. The number of hydrogen-bond donors (Lipinski definition) is 2. The van der Waals surface area contributed by atoms with Crippen molar-refractivity contribution in [2.24, 2.45) is 17.8 Å². The van der Waals surface area contributed by atoms with Gasteiger partial charge < -0.3 is 20.2 Å². The first-order valence-corrected chi connectivity index (χ1v) is 17.4. The molecule has 2 N–H and O–H groups in total. The van der Waals surface area contributed by atoms with Crippen molar-refractivity contribution in [2.45, 2.75) is 82.3 Å². The maximum atomic E-state index is 13.4. The molecular weight excluding hydrogens is 582 g/mol. The van der Waals surface area contributed by atoms with E-state index in [9.17, 15) is 24.8 Å². The largest absolute Gasteiger partial charge is 0.480 e. The van der Waals surface area contributed by atoms with E-state index in [2.05, 4.69) is 39.4 Å². The summed E-state index contributed by atoms with van der Waals surface area (Å²) in [4.78, 5) is 43.5. The summed E-state index contributed by atoms with van der Waals surface area (Å²) in [5, 5.41) is 24.4. The number of non-ortho nitro benzene ring substituents is 1. The Balaban J connectivity index is 1.07.